The SMILES string of the molecule is COc1cc(CNCC2(CO)CC2)ccc1C#N. The van der Waals surface area contributed by atoms with Crippen LogP contribution in [0.5, 0.6) is 5.75 Å². The maximum atomic E-state index is 9.21. The third kappa shape index (κ3) is 2.81. The van der Waals surface area contributed by atoms with Crippen LogP contribution in [0.2, 0.25) is 0 Å². The van der Waals surface area contributed by atoms with Crippen LogP contribution in [-0.4, -0.2) is 25.4 Å². The quantitative estimate of drug-likeness (QED) is 0.797. The molecule has 0 unspecified atom stereocenters. The first kappa shape index (κ1) is 12.9. The molecule has 0 aliphatic heterocycles. The molecule has 0 bridgehead atoms. The summed E-state index contributed by atoms with van der Waals surface area (Å²) in [7, 11) is 1.57. The monoisotopic (exact) mass is 246 g/mol. The van der Waals surface area contributed by atoms with Crippen molar-refractivity contribution in [1.29, 1.82) is 5.26 Å². The van der Waals surface area contributed by atoms with E-state index in [4.69, 9.17) is 10.00 Å². The van der Waals surface area contributed by atoms with E-state index in [9.17, 15) is 5.11 Å². The molecule has 0 spiro atoms. The summed E-state index contributed by atoms with van der Waals surface area (Å²) in [6.07, 6.45) is 2.21. The molecule has 0 heterocycles. The van der Waals surface area contributed by atoms with E-state index < -0.39 is 0 Å². The molecule has 2 N–H and O–H groups in total. The zero-order chi connectivity index (χ0) is 13.0. The van der Waals surface area contributed by atoms with Crippen LogP contribution in [-0.2, 0) is 6.54 Å². The summed E-state index contributed by atoms with van der Waals surface area (Å²) in [5.74, 6) is 0.611. The first-order valence-corrected chi connectivity index (χ1v) is 6.12. The maximum absolute atomic E-state index is 9.21. The number of hydrogen-bond acceptors (Lipinski definition) is 4. The van der Waals surface area contributed by atoms with E-state index in [2.05, 4.69) is 11.4 Å². The van der Waals surface area contributed by atoms with E-state index in [1.165, 1.54) is 0 Å². The van der Waals surface area contributed by atoms with Gasteiger partial charge in [-0.15, -0.1) is 0 Å². The Kier molecular flexibility index (Phi) is 3.85. The highest BCUT2D eigenvalue weighted by Gasteiger charge is 2.41. The molecule has 96 valence electrons. The van der Waals surface area contributed by atoms with E-state index in [-0.39, 0.29) is 12.0 Å². The van der Waals surface area contributed by atoms with Gasteiger partial charge in [-0.25, -0.2) is 0 Å². The molecule has 4 heteroatoms. The molecule has 1 aromatic carbocycles. The number of nitriles is 1. The molecule has 4 nitrogen and oxygen atoms in total. The summed E-state index contributed by atoms with van der Waals surface area (Å²) in [4.78, 5) is 0. The summed E-state index contributed by atoms with van der Waals surface area (Å²) in [6, 6.07) is 7.67. The van der Waals surface area contributed by atoms with Gasteiger partial charge in [0, 0.05) is 25.1 Å². The fourth-order valence-corrected chi connectivity index (χ4v) is 1.98. The number of nitrogens with one attached hydrogen (secondary N) is 1. The van der Waals surface area contributed by atoms with Gasteiger partial charge in [0.2, 0.25) is 0 Å². The highest BCUT2D eigenvalue weighted by molar-refractivity contribution is 5.45. The number of benzene rings is 1. The van der Waals surface area contributed by atoms with Gasteiger partial charge in [-0.1, -0.05) is 6.07 Å². The Hall–Kier alpha value is -1.57. The van der Waals surface area contributed by atoms with Gasteiger partial charge in [0.25, 0.3) is 0 Å². The minimum Gasteiger partial charge on any atom is -0.495 e. The van der Waals surface area contributed by atoms with Gasteiger partial charge >= 0.3 is 0 Å². The zero-order valence-corrected chi connectivity index (χ0v) is 10.6. The van der Waals surface area contributed by atoms with Gasteiger partial charge < -0.3 is 15.2 Å². The first-order chi connectivity index (χ1) is 8.73. The normalized spacial score (nSPS) is 16.1. The van der Waals surface area contributed by atoms with Gasteiger partial charge in [-0.3, -0.25) is 0 Å². The third-order valence-corrected chi connectivity index (χ3v) is 3.51. The van der Waals surface area contributed by atoms with Gasteiger partial charge in [-0.05, 0) is 30.5 Å². The number of methoxy groups -OCH3 is 1. The fourth-order valence-electron chi connectivity index (χ4n) is 1.98. The second-order valence-electron chi connectivity index (χ2n) is 4.91. The van der Waals surface area contributed by atoms with Crippen molar-refractivity contribution in [3.63, 3.8) is 0 Å². The Labute approximate surface area is 107 Å². The summed E-state index contributed by atoms with van der Waals surface area (Å²) < 4.78 is 5.17. The minimum atomic E-state index is 0.122. The van der Waals surface area contributed by atoms with Gasteiger partial charge in [0.1, 0.15) is 11.8 Å². The molecule has 1 aromatic rings. The Morgan fingerprint density at radius 1 is 1.50 bits per heavy atom. The molecular formula is C14H18N2O2. The van der Waals surface area contributed by atoms with Crippen LogP contribution in [0.4, 0.5) is 0 Å². The van der Waals surface area contributed by atoms with Crippen molar-refractivity contribution in [2.45, 2.75) is 19.4 Å². The average Bonchev–Trinajstić information content (AvgIpc) is 3.19. The van der Waals surface area contributed by atoms with E-state index in [1.807, 2.05) is 12.1 Å². The van der Waals surface area contributed by atoms with Crippen LogP contribution >= 0.6 is 0 Å². The third-order valence-electron chi connectivity index (χ3n) is 3.51. The van der Waals surface area contributed by atoms with Crippen molar-refractivity contribution in [3.8, 4) is 11.8 Å². The molecule has 1 aliphatic rings. The summed E-state index contributed by atoms with van der Waals surface area (Å²) >= 11 is 0. The lowest BCUT2D eigenvalue weighted by molar-refractivity contribution is 0.207. The van der Waals surface area contributed by atoms with Crippen LogP contribution in [0, 0.1) is 16.7 Å². The van der Waals surface area contributed by atoms with E-state index in [0.29, 0.717) is 11.3 Å². The molecule has 1 fully saturated rings. The number of ether oxygens (including phenoxy) is 1. The molecule has 1 saturated carbocycles. The van der Waals surface area contributed by atoms with Crippen molar-refractivity contribution in [2.75, 3.05) is 20.3 Å². The number of hydrogen-bond donors (Lipinski definition) is 2. The van der Waals surface area contributed by atoms with Crippen LogP contribution in [0.25, 0.3) is 0 Å². The average molecular weight is 246 g/mol. The standard InChI is InChI=1S/C14H18N2O2/c1-18-13-6-11(2-3-12(13)7-15)8-16-9-14(10-17)4-5-14/h2-3,6,16-17H,4-5,8-10H2,1H3. The number of aliphatic hydroxyl groups is 1. The first-order valence-electron chi connectivity index (χ1n) is 6.12. The molecule has 18 heavy (non-hydrogen) atoms. The molecule has 1 aliphatic carbocycles. The Bertz CT molecular complexity index is 461. The minimum absolute atomic E-state index is 0.122. The van der Waals surface area contributed by atoms with Crippen molar-refractivity contribution >= 4 is 0 Å². The smallest absolute Gasteiger partial charge is 0.136 e. The topological polar surface area (TPSA) is 65.3 Å². The highest BCUT2D eigenvalue weighted by Crippen LogP contribution is 2.44. The van der Waals surface area contributed by atoms with Crippen molar-refractivity contribution in [3.05, 3.63) is 29.3 Å². The maximum Gasteiger partial charge on any atom is 0.136 e. The highest BCUT2D eigenvalue weighted by atomic mass is 16.5. The van der Waals surface area contributed by atoms with E-state index >= 15 is 0 Å². The van der Waals surface area contributed by atoms with Crippen LogP contribution in [0.3, 0.4) is 0 Å². The van der Waals surface area contributed by atoms with Crippen LogP contribution in [0.1, 0.15) is 24.0 Å². The van der Waals surface area contributed by atoms with Gasteiger partial charge in [0.15, 0.2) is 0 Å². The van der Waals surface area contributed by atoms with Crippen molar-refractivity contribution in [1.82, 2.24) is 5.32 Å². The molecule has 0 saturated heterocycles. The zero-order valence-electron chi connectivity index (χ0n) is 10.6. The Balaban J connectivity index is 1.92. The second-order valence-corrected chi connectivity index (χ2v) is 4.91. The largest absolute Gasteiger partial charge is 0.495 e. The van der Waals surface area contributed by atoms with Crippen LogP contribution < -0.4 is 10.1 Å². The number of aliphatic hydroxyl groups excluding tert-OH is 1. The predicted molar refractivity (Wildman–Crippen MR) is 68.2 cm³/mol. The van der Waals surface area contributed by atoms with Crippen molar-refractivity contribution in [2.24, 2.45) is 5.41 Å². The number of nitrogens with zero attached hydrogens (tertiary/aromatic N) is 1. The summed E-state index contributed by atoms with van der Waals surface area (Å²) in [5, 5.41) is 21.4. The lowest BCUT2D eigenvalue weighted by Crippen LogP contribution is -2.26. The van der Waals surface area contributed by atoms with Gasteiger partial charge in [-0.2, -0.15) is 5.26 Å². The molecule has 2 rings (SSSR count). The second kappa shape index (κ2) is 5.38. The van der Waals surface area contributed by atoms with Gasteiger partial charge in [0.05, 0.1) is 12.7 Å². The lowest BCUT2D eigenvalue weighted by atomic mass is 10.1. The van der Waals surface area contributed by atoms with E-state index in [1.54, 1.807) is 13.2 Å². The van der Waals surface area contributed by atoms with Crippen LogP contribution in [0.15, 0.2) is 18.2 Å². The molecule has 0 radical (unpaired) electrons. The Morgan fingerprint density at radius 2 is 2.28 bits per heavy atom. The van der Waals surface area contributed by atoms with E-state index in [0.717, 1.165) is 31.5 Å². The summed E-state index contributed by atoms with van der Waals surface area (Å²) in [5.41, 5.74) is 1.76. The molecule has 0 amide bonds. The summed E-state index contributed by atoms with van der Waals surface area (Å²) in [6.45, 7) is 1.83. The predicted octanol–water partition coefficient (Wildman–Crippen LogP) is 1.43. The molecule has 0 aromatic heterocycles. The molecule has 0 atom stereocenters. The molecular weight excluding hydrogens is 228 g/mol. The number of rotatable bonds is 6. The Morgan fingerprint density at radius 3 is 2.83 bits per heavy atom. The lowest BCUT2D eigenvalue weighted by Gasteiger charge is -2.13. The fraction of sp³-hybridized carbons (Fsp3) is 0.500. The van der Waals surface area contributed by atoms with Crippen molar-refractivity contribution < 1.29 is 9.84 Å².